The van der Waals surface area contributed by atoms with Gasteiger partial charge in [-0.3, -0.25) is 14.4 Å². The fourth-order valence-electron chi connectivity index (χ4n) is 2.83. The van der Waals surface area contributed by atoms with E-state index >= 15 is 0 Å². The third-order valence-corrected chi connectivity index (χ3v) is 6.68. The lowest BCUT2D eigenvalue weighted by atomic mass is 9.90. The van der Waals surface area contributed by atoms with Crippen molar-refractivity contribution in [3.05, 3.63) is 23.8 Å². The van der Waals surface area contributed by atoms with Crippen molar-refractivity contribution in [2.24, 2.45) is 16.6 Å². The van der Waals surface area contributed by atoms with Crippen molar-refractivity contribution < 1.29 is 42.9 Å². The SMILES string of the molecule is CCC(C)(C)C(=O)Oc1ccc(C[C@H](N)C(=O)O[C@@H](C)[C@H](C)OC(=O)OC(C)(C)C)cc1OC(=O)C(C)(C)CC. The minimum atomic E-state index is -1.07. The van der Waals surface area contributed by atoms with Crippen LogP contribution in [0, 0.1) is 10.8 Å². The molecular formula is C30H47NO9. The lowest BCUT2D eigenvalue weighted by Crippen LogP contribution is -2.40. The fraction of sp³-hybridized carbons (Fsp3) is 0.667. The normalized spacial score (nSPS) is 14.4. The molecule has 0 saturated carbocycles. The lowest BCUT2D eigenvalue weighted by molar-refractivity contribution is -0.156. The van der Waals surface area contributed by atoms with Crippen LogP contribution in [0.15, 0.2) is 18.2 Å². The molecule has 0 spiro atoms. The Labute approximate surface area is 238 Å². The lowest BCUT2D eigenvalue weighted by Gasteiger charge is -2.25. The molecule has 226 valence electrons. The monoisotopic (exact) mass is 565 g/mol. The Kier molecular flexibility index (Phi) is 12.2. The summed E-state index contributed by atoms with van der Waals surface area (Å²) >= 11 is 0. The summed E-state index contributed by atoms with van der Waals surface area (Å²) in [6, 6.07) is 3.60. The van der Waals surface area contributed by atoms with Crippen LogP contribution in [0.25, 0.3) is 0 Å². The van der Waals surface area contributed by atoms with E-state index in [0.29, 0.717) is 18.4 Å². The third kappa shape index (κ3) is 10.8. The van der Waals surface area contributed by atoms with Crippen LogP contribution in [-0.4, -0.2) is 47.9 Å². The highest BCUT2D eigenvalue weighted by molar-refractivity contribution is 5.81. The maximum Gasteiger partial charge on any atom is 0.509 e. The maximum atomic E-state index is 12.8. The minimum absolute atomic E-state index is 0.0449. The number of benzene rings is 1. The van der Waals surface area contributed by atoms with Crippen LogP contribution in [0.3, 0.4) is 0 Å². The predicted octanol–water partition coefficient (Wildman–Crippen LogP) is 5.51. The van der Waals surface area contributed by atoms with E-state index in [2.05, 4.69) is 0 Å². The molecule has 0 fully saturated rings. The van der Waals surface area contributed by atoms with Gasteiger partial charge in [0.25, 0.3) is 0 Å². The molecule has 10 nitrogen and oxygen atoms in total. The predicted molar refractivity (Wildman–Crippen MR) is 150 cm³/mol. The molecule has 1 aromatic rings. The molecule has 2 N–H and O–H groups in total. The molecule has 0 radical (unpaired) electrons. The van der Waals surface area contributed by atoms with Crippen molar-refractivity contribution >= 4 is 24.1 Å². The average Bonchev–Trinajstić information content (AvgIpc) is 2.83. The summed E-state index contributed by atoms with van der Waals surface area (Å²) < 4.78 is 27.0. The topological polar surface area (TPSA) is 140 Å². The van der Waals surface area contributed by atoms with Gasteiger partial charge in [-0.2, -0.15) is 0 Å². The second-order valence-electron chi connectivity index (χ2n) is 12.3. The second kappa shape index (κ2) is 14.0. The smallest absolute Gasteiger partial charge is 0.458 e. The summed E-state index contributed by atoms with van der Waals surface area (Å²) in [5.41, 5.74) is 4.44. The molecule has 0 aromatic heterocycles. The van der Waals surface area contributed by atoms with E-state index in [0.717, 1.165) is 0 Å². The first kappa shape index (κ1) is 34.9. The van der Waals surface area contributed by atoms with Crippen LogP contribution in [0.5, 0.6) is 11.5 Å². The van der Waals surface area contributed by atoms with Crippen molar-refractivity contribution in [2.75, 3.05) is 0 Å². The van der Waals surface area contributed by atoms with Crippen LogP contribution < -0.4 is 15.2 Å². The summed E-state index contributed by atoms with van der Waals surface area (Å²) in [6.45, 7) is 19.1. The number of hydrogen-bond donors (Lipinski definition) is 1. The third-order valence-electron chi connectivity index (χ3n) is 6.68. The van der Waals surface area contributed by atoms with E-state index in [1.54, 1.807) is 68.4 Å². The number of ether oxygens (including phenoxy) is 5. The molecule has 0 aliphatic carbocycles. The Hall–Kier alpha value is -3.14. The van der Waals surface area contributed by atoms with Crippen LogP contribution in [0.4, 0.5) is 4.79 Å². The minimum Gasteiger partial charge on any atom is -0.458 e. The van der Waals surface area contributed by atoms with Crippen molar-refractivity contribution in [3.8, 4) is 11.5 Å². The zero-order valence-electron chi connectivity index (χ0n) is 25.8. The van der Waals surface area contributed by atoms with Crippen molar-refractivity contribution in [2.45, 2.75) is 119 Å². The number of carbonyl (C=O) groups is 4. The molecular weight excluding hydrogens is 518 g/mol. The Morgan fingerprint density at radius 1 is 0.775 bits per heavy atom. The molecule has 0 aliphatic heterocycles. The summed E-state index contributed by atoms with van der Waals surface area (Å²) in [4.78, 5) is 50.2. The quantitative estimate of drug-likeness (QED) is 0.255. The van der Waals surface area contributed by atoms with Gasteiger partial charge >= 0.3 is 24.1 Å². The van der Waals surface area contributed by atoms with E-state index in [4.69, 9.17) is 29.4 Å². The standard InChI is InChI=1S/C30H47NO9/c1-12-29(8,9)25(33)38-22-15-14-20(17-23(22)39-26(34)30(10,11)13-2)16-21(31)24(32)36-18(3)19(4)37-27(35)40-28(5,6)7/h14-15,17-19,21H,12-13,16,31H2,1-11H3/t18-,19-,21-/m0/s1. The highest BCUT2D eigenvalue weighted by Crippen LogP contribution is 2.34. The number of carbonyl (C=O) groups excluding carboxylic acids is 4. The second-order valence-corrected chi connectivity index (χ2v) is 12.3. The van der Waals surface area contributed by atoms with Gasteiger partial charge in [0.05, 0.1) is 10.8 Å². The molecule has 0 bridgehead atoms. The highest BCUT2D eigenvalue weighted by atomic mass is 16.7. The van der Waals surface area contributed by atoms with Gasteiger partial charge in [-0.05, 0) is 99.3 Å². The Bertz CT molecular complexity index is 1060. The van der Waals surface area contributed by atoms with Crippen LogP contribution in [0.1, 0.15) is 94.6 Å². The Morgan fingerprint density at radius 2 is 1.25 bits per heavy atom. The Morgan fingerprint density at radius 3 is 1.73 bits per heavy atom. The molecule has 1 aromatic carbocycles. The molecule has 3 atom stereocenters. The average molecular weight is 566 g/mol. The van der Waals surface area contributed by atoms with Crippen molar-refractivity contribution in [1.29, 1.82) is 0 Å². The van der Waals surface area contributed by atoms with Gasteiger partial charge in [0, 0.05) is 0 Å². The van der Waals surface area contributed by atoms with Gasteiger partial charge in [0.15, 0.2) is 11.5 Å². The maximum absolute atomic E-state index is 12.8. The number of rotatable bonds is 12. The van der Waals surface area contributed by atoms with Gasteiger partial charge in [-0.15, -0.1) is 0 Å². The number of nitrogens with two attached hydrogens (primary N) is 1. The first-order valence-electron chi connectivity index (χ1n) is 13.7. The number of hydrogen-bond acceptors (Lipinski definition) is 10. The molecule has 0 saturated heterocycles. The van der Waals surface area contributed by atoms with Gasteiger partial charge in [0.2, 0.25) is 0 Å². The zero-order chi connectivity index (χ0) is 31.1. The Balaban J connectivity index is 3.05. The van der Waals surface area contributed by atoms with Crippen molar-refractivity contribution in [3.63, 3.8) is 0 Å². The molecule has 40 heavy (non-hydrogen) atoms. The first-order valence-corrected chi connectivity index (χ1v) is 13.7. The zero-order valence-corrected chi connectivity index (χ0v) is 25.8. The number of esters is 3. The summed E-state index contributed by atoms with van der Waals surface area (Å²) in [5.74, 6) is -1.52. The van der Waals surface area contributed by atoms with E-state index in [1.165, 1.54) is 12.1 Å². The summed E-state index contributed by atoms with van der Waals surface area (Å²) in [7, 11) is 0. The van der Waals surface area contributed by atoms with Crippen LogP contribution >= 0.6 is 0 Å². The van der Waals surface area contributed by atoms with E-state index in [1.807, 2.05) is 13.8 Å². The summed E-state index contributed by atoms with van der Waals surface area (Å²) in [6.07, 6.45) is -1.30. The van der Waals surface area contributed by atoms with E-state index < -0.39 is 58.7 Å². The highest BCUT2D eigenvalue weighted by Gasteiger charge is 2.32. The molecule has 0 heterocycles. The van der Waals surface area contributed by atoms with Crippen LogP contribution in [-0.2, 0) is 35.0 Å². The summed E-state index contributed by atoms with van der Waals surface area (Å²) in [5, 5.41) is 0. The van der Waals surface area contributed by atoms with Crippen LogP contribution in [0.2, 0.25) is 0 Å². The molecule has 0 aliphatic rings. The molecule has 10 heteroatoms. The molecule has 0 unspecified atom stereocenters. The molecule has 1 rings (SSSR count). The van der Waals surface area contributed by atoms with Gasteiger partial charge in [-0.1, -0.05) is 19.9 Å². The van der Waals surface area contributed by atoms with E-state index in [9.17, 15) is 19.2 Å². The van der Waals surface area contributed by atoms with E-state index in [-0.39, 0.29) is 17.9 Å². The van der Waals surface area contributed by atoms with Gasteiger partial charge in [0.1, 0.15) is 23.9 Å². The molecule has 0 amide bonds. The van der Waals surface area contributed by atoms with Gasteiger partial charge in [-0.25, -0.2) is 4.79 Å². The fourth-order valence-corrected chi connectivity index (χ4v) is 2.83. The van der Waals surface area contributed by atoms with Crippen molar-refractivity contribution in [1.82, 2.24) is 0 Å². The largest absolute Gasteiger partial charge is 0.509 e. The first-order chi connectivity index (χ1) is 18.2. The van der Waals surface area contributed by atoms with Gasteiger partial charge < -0.3 is 29.4 Å².